The number of β-amino-alcohol motifs (C(OH)–C–C–N with tert-alkyl or cyclic N) is 1. The molecule has 7 heteroatoms. The number of aromatic nitrogens is 1. The maximum atomic E-state index is 12.8. The van der Waals surface area contributed by atoms with Crippen molar-refractivity contribution in [2.24, 2.45) is 12.5 Å². The van der Waals surface area contributed by atoms with E-state index in [-0.39, 0.29) is 23.0 Å². The maximum Gasteiger partial charge on any atom is 0.254 e. The number of carbonyl (C=O) groups is 1. The standard InChI is InChI=1S/C21H31N3O4/c1-22-7-2-16(12-19(22)26)20(27)23-8-5-21(6-9-23)13-18(25)14-24(15-21)17-3-10-28-11-4-17/h2,7,12,17-18,25H,3-6,8-11,13-15H2,1H3. The van der Waals surface area contributed by atoms with Crippen molar-refractivity contribution in [1.82, 2.24) is 14.4 Å². The van der Waals surface area contributed by atoms with E-state index in [1.807, 2.05) is 4.90 Å². The van der Waals surface area contributed by atoms with E-state index in [2.05, 4.69) is 4.90 Å². The minimum Gasteiger partial charge on any atom is -0.392 e. The first-order valence-corrected chi connectivity index (χ1v) is 10.4. The molecule has 3 aliphatic heterocycles. The lowest BCUT2D eigenvalue weighted by atomic mass is 9.71. The van der Waals surface area contributed by atoms with Gasteiger partial charge in [-0.15, -0.1) is 0 Å². The van der Waals surface area contributed by atoms with Gasteiger partial charge >= 0.3 is 0 Å². The van der Waals surface area contributed by atoms with Crippen molar-refractivity contribution in [3.63, 3.8) is 0 Å². The van der Waals surface area contributed by atoms with Gasteiger partial charge in [0.25, 0.3) is 11.5 Å². The molecule has 1 aromatic heterocycles. The lowest BCUT2D eigenvalue weighted by Gasteiger charge is -2.51. The van der Waals surface area contributed by atoms with Gasteiger partial charge in [-0.05, 0) is 43.6 Å². The van der Waals surface area contributed by atoms with Gasteiger partial charge in [-0.2, -0.15) is 0 Å². The molecule has 1 unspecified atom stereocenters. The third kappa shape index (κ3) is 4.02. The fourth-order valence-corrected chi connectivity index (χ4v) is 5.13. The monoisotopic (exact) mass is 389 g/mol. The zero-order valence-electron chi connectivity index (χ0n) is 16.7. The summed E-state index contributed by atoms with van der Waals surface area (Å²) in [6.07, 6.45) is 6.05. The Bertz CT molecular complexity index is 763. The molecule has 4 heterocycles. The quantitative estimate of drug-likeness (QED) is 0.812. The Kier molecular flexibility index (Phi) is 5.58. The first-order chi connectivity index (χ1) is 13.5. The van der Waals surface area contributed by atoms with Crippen LogP contribution in [0.5, 0.6) is 0 Å². The third-order valence-electron chi connectivity index (χ3n) is 6.82. The van der Waals surface area contributed by atoms with Crippen molar-refractivity contribution in [3.05, 3.63) is 34.2 Å². The Labute approximate surface area is 165 Å². The molecule has 3 fully saturated rings. The Morgan fingerprint density at radius 1 is 1.25 bits per heavy atom. The molecule has 0 radical (unpaired) electrons. The fraction of sp³-hybridized carbons (Fsp3) is 0.714. The molecule has 4 rings (SSSR count). The van der Waals surface area contributed by atoms with E-state index in [0.29, 0.717) is 24.7 Å². The number of carbonyl (C=O) groups excluding carboxylic acids is 1. The topological polar surface area (TPSA) is 75.0 Å². The summed E-state index contributed by atoms with van der Waals surface area (Å²) in [6, 6.07) is 3.63. The van der Waals surface area contributed by atoms with Crippen LogP contribution in [0.25, 0.3) is 0 Å². The van der Waals surface area contributed by atoms with Gasteiger partial charge in [-0.1, -0.05) is 0 Å². The van der Waals surface area contributed by atoms with Crippen LogP contribution in [-0.4, -0.2) is 76.9 Å². The SMILES string of the molecule is Cn1ccc(C(=O)N2CCC3(CC2)CC(O)CN(C2CCOCC2)C3)cc1=O. The fourth-order valence-electron chi connectivity index (χ4n) is 5.13. The van der Waals surface area contributed by atoms with Gasteiger partial charge in [0.15, 0.2) is 0 Å². The molecule has 1 N–H and O–H groups in total. The summed E-state index contributed by atoms with van der Waals surface area (Å²) in [7, 11) is 1.68. The van der Waals surface area contributed by atoms with Gasteiger partial charge in [0.1, 0.15) is 0 Å². The summed E-state index contributed by atoms with van der Waals surface area (Å²) in [5.74, 6) is -0.0646. The lowest BCUT2D eigenvalue weighted by Crippen LogP contribution is -2.57. The third-order valence-corrected chi connectivity index (χ3v) is 6.82. The lowest BCUT2D eigenvalue weighted by molar-refractivity contribution is -0.0695. The number of amides is 1. The van der Waals surface area contributed by atoms with Gasteiger partial charge in [-0.3, -0.25) is 14.5 Å². The van der Waals surface area contributed by atoms with Crippen LogP contribution in [0.2, 0.25) is 0 Å². The maximum absolute atomic E-state index is 12.8. The molecule has 0 aliphatic carbocycles. The molecule has 0 aromatic carbocycles. The second-order valence-corrected chi connectivity index (χ2v) is 8.79. The molecule has 1 atom stereocenters. The number of aliphatic hydroxyl groups excluding tert-OH is 1. The highest BCUT2D eigenvalue weighted by molar-refractivity contribution is 5.94. The first kappa shape index (κ1) is 19.6. The molecule has 1 aromatic rings. The Morgan fingerprint density at radius 2 is 1.96 bits per heavy atom. The van der Waals surface area contributed by atoms with E-state index in [0.717, 1.165) is 58.4 Å². The number of rotatable bonds is 2. The van der Waals surface area contributed by atoms with E-state index < -0.39 is 0 Å². The van der Waals surface area contributed by atoms with Gasteiger partial charge in [0.2, 0.25) is 0 Å². The molecule has 1 spiro atoms. The molecule has 0 bridgehead atoms. The van der Waals surface area contributed by atoms with Crippen molar-refractivity contribution < 1.29 is 14.6 Å². The van der Waals surface area contributed by atoms with Crippen molar-refractivity contribution in [1.29, 1.82) is 0 Å². The van der Waals surface area contributed by atoms with E-state index in [9.17, 15) is 14.7 Å². The zero-order valence-corrected chi connectivity index (χ0v) is 16.7. The molecule has 28 heavy (non-hydrogen) atoms. The van der Waals surface area contributed by atoms with Crippen LogP contribution >= 0.6 is 0 Å². The van der Waals surface area contributed by atoms with Crippen molar-refractivity contribution in [2.45, 2.75) is 44.2 Å². The van der Waals surface area contributed by atoms with Crippen LogP contribution in [-0.2, 0) is 11.8 Å². The largest absolute Gasteiger partial charge is 0.392 e. The molecule has 154 valence electrons. The highest BCUT2D eigenvalue weighted by Gasteiger charge is 2.43. The van der Waals surface area contributed by atoms with E-state index in [1.165, 1.54) is 10.6 Å². The average molecular weight is 389 g/mol. The molecule has 3 aliphatic rings. The number of pyridine rings is 1. The normalized spacial score (nSPS) is 26.5. The Balaban J connectivity index is 1.41. The number of ether oxygens (including phenoxy) is 1. The summed E-state index contributed by atoms with van der Waals surface area (Å²) >= 11 is 0. The smallest absolute Gasteiger partial charge is 0.254 e. The predicted molar refractivity (Wildman–Crippen MR) is 105 cm³/mol. The summed E-state index contributed by atoms with van der Waals surface area (Å²) < 4.78 is 6.96. The number of aliphatic hydroxyl groups is 1. The van der Waals surface area contributed by atoms with Gasteiger partial charge in [0.05, 0.1) is 6.10 Å². The minimum atomic E-state index is -0.295. The van der Waals surface area contributed by atoms with Gasteiger partial charge in [-0.25, -0.2) is 0 Å². The number of nitrogens with zero attached hydrogens (tertiary/aromatic N) is 3. The second-order valence-electron chi connectivity index (χ2n) is 8.79. The van der Waals surface area contributed by atoms with Crippen LogP contribution in [0.3, 0.4) is 0 Å². The zero-order chi connectivity index (χ0) is 19.7. The van der Waals surface area contributed by atoms with E-state index >= 15 is 0 Å². The van der Waals surface area contributed by atoms with Crippen LogP contribution in [0, 0.1) is 5.41 Å². The summed E-state index contributed by atoms with van der Waals surface area (Å²) in [4.78, 5) is 29.0. The predicted octanol–water partition coefficient (Wildman–Crippen LogP) is 0.853. The summed E-state index contributed by atoms with van der Waals surface area (Å²) in [5, 5.41) is 10.5. The average Bonchev–Trinajstić information content (AvgIpc) is 2.70. The van der Waals surface area contributed by atoms with Crippen LogP contribution in [0.15, 0.2) is 23.1 Å². The number of piperidine rings is 2. The summed E-state index contributed by atoms with van der Waals surface area (Å²) in [5.41, 5.74) is 0.382. The van der Waals surface area contributed by atoms with Crippen LogP contribution in [0.1, 0.15) is 42.5 Å². The molecule has 0 saturated carbocycles. The highest BCUT2D eigenvalue weighted by atomic mass is 16.5. The van der Waals surface area contributed by atoms with Crippen molar-refractivity contribution in [2.75, 3.05) is 39.4 Å². The van der Waals surface area contributed by atoms with E-state index in [4.69, 9.17) is 4.74 Å². The van der Waals surface area contributed by atoms with Crippen LogP contribution in [0.4, 0.5) is 0 Å². The Hall–Kier alpha value is -1.70. The molecule has 7 nitrogen and oxygen atoms in total. The molecule has 1 amide bonds. The highest BCUT2D eigenvalue weighted by Crippen LogP contribution is 2.41. The molecular formula is C21H31N3O4. The molecular weight excluding hydrogens is 358 g/mol. The van der Waals surface area contributed by atoms with Gasteiger partial charge < -0.3 is 19.3 Å². The van der Waals surface area contributed by atoms with Gasteiger partial charge in [0, 0.05) is 70.3 Å². The first-order valence-electron chi connectivity index (χ1n) is 10.4. The van der Waals surface area contributed by atoms with Crippen molar-refractivity contribution >= 4 is 5.91 Å². The number of likely N-dealkylation sites (tertiary alicyclic amines) is 2. The Morgan fingerprint density at radius 3 is 2.64 bits per heavy atom. The number of hydrogen-bond donors (Lipinski definition) is 1. The van der Waals surface area contributed by atoms with Crippen molar-refractivity contribution in [3.8, 4) is 0 Å². The number of aryl methyl sites for hydroxylation is 1. The second kappa shape index (κ2) is 7.97. The van der Waals surface area contributed by atoms with E-state index in [1.54, 1.807) is 19.3 Å². The number of hydrogen-bond acceptors (Lipinski definition) is 5. The molecule has 3 saturated heterocycles. The summed E-state index contributed by atoms with van der Waals surface area (Å²) in [6.45, 7) is 4.74. The van der Waals surface area contributed by atoms with Crippen LogP contribution < -0.4 is 5.56 Å². The minimum absolute atomic E-state index is 0.0646.